The third kappa shape index (κ3) is 2.21. The van der Waals surface area contributed by atoms with Crippen molar-refractivity contribution in [1.82, 2.24) is 25.6 Å². The minimum atomic E-state index is -0.00120. The van der Waals surface area contributed by atoms with Gasteiger partial charge in [-0.05, 0) is 6.42 Å². The van der Waals surface area contributed by atoms with Crippen LogP contribution in [0.5, 0.6) is 0 Å². The van der Waals surface area contributed by atoms with Crippen molar-refractivity contribution in [3.05, 3.63) is 11.4 Å². The molecule has 1 amide bonds. The lowest BCUT2D eigenvalue weighted by Gasteiger charge is -2.26. The molecule has 1 aliphatic rings. The summed E-state index contributed by atoms with van der Waals surface area (Å²) in [7, 11) is 0. The molecular formula is C10H17N5O. The van der Waals surface area contributed by atoms with Crippen LogP contribution in [0.4, 0.5) is 0 Å². The van der Waals surface area contributed by atoms with Gasteiger partial charge in [0.05, 0.1) is 5.69 Å². The Kier molecular flexibility index (Phi) is 3.51. The van der Waals surface area contributed by atoms with Gasteiger partial charge in [-0.3, -0.25) is 4.79 Å². The lowest BCUT2D eigenvalue weighted by atomic mass is 10.2. The molecule has 0 bridgehead atoms. The van der Waals surface area contributed by atoms with Crippen molar-refractivity contribution >= 4 is 5.91 Å². The van der Waals surface area contributed by atoms with Crippen LogP contribution in [0.15, 0.2) is 0 Å². The van der Waals surface area contributed by atoms with Crippen molar-refractivity contribution in [2.45, 2.75) is 19.8 Å². The van der Waals surface area contributed by atoms with E-state index >= 15 is 0 Å². The zero-order chi connectivity index (χ0) is 11.4. The highest BCUT2D eigenvalue weighted by Gasteiger charge is 2.23. The maximum absolute atomic E-state index is 12.1. The predicted molar refractivity (Wildman–Crippen MR) is 59.2 cm³/mol. The Morgan fingerprint density at radius 3 is 2.81 bits per heavy atom. The highest BCUT2D eigenvalue weighted by atomic mass is 16.2. The van der Waals surface area contributed by atoms with E-state index in [0.29, 0.717) is 5.69 Å². The number of aryl methyl sites for hydroxylation is 1. The van der Waals surface area contributed by atoms with Crippen LogP contribution in [-0.4, -0.2) is 52.4 Å². The number of nitrogens with one attached hydrogen (secondary N) is 2. The molecular weight excluding hydrogens is 206 g/mol. The van der Waals surface area contributed by atoms with Crippen LogP contribution in [0, 0.1) is 0 Å². The molecule has 0 aliphatic carbocycles. The Morgan fingerprint density at radius 2 is 2.12 bits per heavy atom. The number of amides is 1. The summed E-state index contributed by atoms with van der Waals surface area (Å²) in [5.41, 5.74) is 1.27. The Labute approximate surface area is 94.4 Å². The number of nitrogens with zero attached hydrogens (tertiary/aromatic N) is 3. The minimum absolute atomic E-state index is 0.00120. The Balaban J connectivity index is 2.09. The van der Waals surface area contributed by atoms with Crippen LogP contribution in [0.3, 0.4) is 0 Å². The van der Waals surface area contributed by atoms with E-state index in [1.54, 1.807) is 0 Å². The molecule has 1 fully saturated rings. The number of H-pyrrole nitrogens is 1. The standard InChI is InChI=1S/C10H17N5O/c1-2-3-8-9(13-14-12-8)10(16)15-6-4-11-5-7-15/h11H,2-7H2,1H3,(H,12,13,14). The molecule has 6 nitrogen and oxygen atoms in total. The number of hydrogen-bond donors (Lipinski definition) is 2. The van der Waals surface area contributed by atoms with Gasteiger partial charge in [-0.2, -0.15) is 15.4 Å². The molecule has 2 heterocycles. The zero-order valence-electron chi connectivity index (χ0n) is 9.49. The second-order valence-corrected chi connectivity index (χ2v) is 3.91. The van der Waals surface area contributed by atoms with Crippen LogP contribution >= 0.6 is 0 Å². The Hall–Kier alpha value is -1.43. The van der Waals surface area contributed by atoms with E-state index < -0.39 is 0 Å². The van der Waals surface area contributed by atoms with Gasteiger partial charge in [0.25, 0.3) is 5.91 Å². The summed E-state index contributed by atoms with van der Waals surface area (Å²) >= 11 is 0. The van der Waals surface area contributed by atoms with Crippen molar-refractivity contribution in [1.29, 1.82) is 0 Å². The van der Waals surface area contributed by atoms with E-state index in [1.165, 1.54) is 0 Å². The van der Waals surface area contributed by atoms with E-state index in [-0.39, 0.29) is 5.91 Å². The molecule has 2 rings (SSSR count). The van der Waals surface area contributed by atoms with Gasteiger partial charge in [-0.25, -0.2) is 0 Å². The lowest BCUT2D eigenvalue weighted by Crippen LogP contribution is -2.46. The molecule has 1 saturated heterocycles. The highest BCUT2D eigenvalue weighted by Crippen LogP contribution is 2.08. The van der Waals surface area contributed by atoms with Gasteiger partial charge in [0.15, 0.2) is 5.69 Å². The molecule has 0 spiro atoms. The summed E-state index contributed by atoms with van der Waals surface area (Å²) in [5, 5.41) is 13.7. The van der Waals surface area contributed by atoms with Gasteiger partial charge in [0.1, 0.15) is 0 Å². The zero-order valence-corrected chi connectivity index (χ0v) is 9.49. The smallest absolute Gasteiger partial charge is 0.276 e. The predicted octanol–water partition coefficient (Wildman–Crippen LogP) is -0.197. The van der Waals surface area contributed by atoms with E-state index in [0.717, 1.165) is 44.7 Å². The van der Waals surface area contributed by atoms with E-state index in [4.69, 9.17) is 0 Å². The van der Waals surface area contributed by atoms with Crippen LogP contribution in [-0.2, 0) is 6.42 Å². The summed E-state index contributed by atoms with van der Waals surface area (Å²) in [6.07, 6.45) is 1.76. The molecule has 1 aromatic rings. The van der Waals surface area contributed by atoms with Gasteiger partial charge < -0.3 is 10.2 Å². The highest BCUT2D eigenvalue weighted by molar-refractivity contribution is 5.93. The first-order chi connectivity index (χ1) is 7.83. The fourth-order valence-electron chi connectivity index (χ4n) is 1.85. The molecule has 2 N–H and O–H groups in total. The van der Waals surface area contributed by atoms with Gasteiger partial charge in [0, 0.05) is 26.2 Å². The van der Waals surface area contributed by atoms with E-state index in [2.05, 4.69) is 27.7 Å². The topological polar surface area (TPSA) is 73.9 Å². The molecule has 0 saturated carbocycles. The number of aromatic amines is 1. The average molecular weight is 223 g/mol. The van der Waals surface area contributed by atoms with E-state index in [9.17, 15) is 4.79 Å². The molecule has 0 radical (unpaired) electrons. The van der Waals surface area contributed by atoms with Crippen LogP contribution < -0.4 is 5.32 Å². The molecule has 0 aromatic carbocycles. The van der Waals surface area contributed by atoms with Gasteiger partial charge in [0.2, 0.25) is 0 Å². The number of aromatic nitrogens is 3. The second-order valence-electron chi connectivity index (χ2n) is 3.91. The molecule has 0 unspecified atom stereocenters. The summed E-state index contributed by atoms with van der Waals surface area (Å²) in [5.74, 6) is -0.00120. The van der Waals surface area contributed by atoms with Crippen molar-refractivity contribution in [3.8, 4) is 0 Å². The van der Waals surface area contributed by atoms with Crippen LogP contribution in [0.1, 0.15) is 29.5 Å². The Bertz CT molecular complexity index is 356. The third-order valence-corrected chi connectivity index (χ3v) is 2.71. The Morgan fingerprint density at radius 1 is 1.38 bits per heavy atom. The number of piperazine rings is 1. The largest absolute Gasteiger partial charge is 0.335 e. The fourth-order valence-corrected chi connectivity index (χ4v) is 1.85. The first-order valence-corrected chi connectivity index (χ1v) is 5.72. The van der Waals surface area contributed by atoms with Gasteiger partial charge >= 0.3 is 0 Å². The van der Waals surface area contributed by atoms with E-state index in [1.807, 2.05) is 4.90 Å². The molecule has 88 valence electrons. The van der Waals surface area contributed by atoms with Crippen molar-refractivity contribution in [3.63, 3.8) is 0 Å². The van der Waals surface area contributed by atoms with Crippen molar-refractivity contribution in [2.75, 3.05) is 26.2 Å². The summed E-state index contributed by atoms with van der Waals surface area (Å²) < 4.78 is 0. The van der Waals surface area contributed by atoms with Crippen molar-refractivity contribution < 1.29 is 4.79 Å². The normalized spacial score (nSPS) is 16.4. The summed E-state index contributed by atoms with van der Waals surface area (Å²) in [4.78, 5) is 14.0. The monoisotopic (exact) mass is 223 g/mol. The van der Waals surface area contributed by atoms with Gasteiger partial charge in [-0.15, -0.1) is 0 Å². The van der Waals surface area contributed by atoms with Crippen molar-refractivity contribution in [2.24, 2.45) is 0 Å². The lowest BCUT2D eigenvalue weighted by molar-refractivity contribution is 0.0728. The fraction of sp³-hybridized carbons (Fsp3) is 0.700. The second kappa shape index (κ2) is 5.07. The average Bonchev–Trinajstić information content (AvgIpc) is 2.78. The SMILES string of the molecule is CCCc1n[nH]nc1C(=O)N1CCNCC1. The van der Waals surface area contributed by atoms with Crippen LogP contribution in [0.2, 0.25) is 0 Å². The summed E-state index contributed by atoms with van der Waals surface area (Å²) in [6, 6.07) is 0. The van der Waals surface area contributed by atoms with Crippen LogP contribution in [0.25, 0.3) is 0 Å². The maximum Gasteiger partial charge on any atom is 0.276 e. The first kappa shape index (κ1) is 11.1. The molecule has 6 heteroatoms. The molecule has 16 heavy (non-hydrogen) atoms. The maximum atomic E-state index is 12.1. The first-order valence-electron chi connectivity index (χ1n) is 5.72. The molecule has 1 aromatic heterocycles. The third-order valence-electron chi connectivity index (χ3n) is 2.71. The number of hydrogen-bond acceptors (Lipinski definition) is 4. The number of carbonyl (C=O) groups excluding carboxylic acids is 1. The quantitative estimate of drug-likeness (QED) is 0.744. The molecule has 0 atom stereocenters. The van der Waals surface area contributed by atoms with Gasteiger partial charge in [-0.1, -0.05) is 13.3 Å². The minimum Gasteiger partial charge on any atom is -0.335 e. The number of carbonyl (C=O) groups is 1. The summed E-state index contributed by atoms with van der Waals surface area (Å²) in [6.45, 7) is 5.27. The number of rotatable bonds is 3. The molecule has 1 aliphatic heterocycles.